The molecule has 0 N–H and O–H groups in total. The summed E-state index contributed by atoms with van der Waals surface area (Å²) in [6.07, 6.45) is 8.62. The van der Waals surface area contributed by atoms with Crippen LogP contribution in [0.5, 0.6) is 11.5 Å². The Balaban J connectivity index is 1.91. The molecule has 1 fully saturated rings. The van der Waals surface area contributed by atoms with Crippen molar-refractivity contribution >= 4 is 5.97 Å². The fourth-order valence-corrected chi connectivity index (χ4v) is 3.53. The van der Waals surface area contributed by atoms with E-state index in [0.717, 1.165) is 51.4 Å². The quantitative estimate of drug-likeness (QED) is 0.302. The maximum atomic E-state index is 14.2. The van der Waals surface area contributed by atoms with Gasteiger partial charge in [0.1, 0.15) is 0 Å². The van der Waals surface area contributed by atoms with Gasteiger partial charge in [-0.2, -0.15) is 8.78 Å². The number of ether oxygens (including phenoxy) is 2. The number of hydrogen-bond acceptors (Lipinski definition) is 3. The van der Waals surface area contributed by atoms with Gasteiger partial charge in [0.25, 0.3) is 0 Å². The van der Waals surface area contributed by atoms with E-state index in [-0.39, 0.29) is 17.4 Å². The minimum absolute atomic E-state index is 0.140. The van der Waals surface area contributed by atoms with Gasteiger partial charge in [-0.3, -0.25) is 4.79 Å². The first-order chi connectivity index (χ1) is 12.6. The van der Waals surface area contributed by atoms with Crippen LogP contribution in [0.25, 0.3) is 0 Å². The van der Waals surface area contributed by atoms with Gasteiger partial charge in [-0.1, -0.05) is 39.5 Å². The fraction of sp³-hybridized carbons (Fsp3) is 0.667. The summed E-state index contributed by atoms with van der Waals surface area (Å²) >= 11 is 0. The van der Waals surface area contributed by atoms with E-state index in [9.17, 15) is 13.6 Å². The van der Waals surface area contributed by atoms with Crippen molar-refractivity contribution in [2.24, 2.45) is 11.8 Å². The van der Waals surface area contributed by atoms with E-state index < -0.39 is 17.6 Å². The van der Waals surface area contributed by atoms with E-state index in [1.54, 1.807) is 0 Å². The SMILES string of the molecule is CCCCCOc1ccc(OC(=O)[C@H]2CC[C@H](CCC)CC2)c(F)c1F. The third-order valence-electron chi connectivity index (χ3n) is 5.10. The summed E-state index contributed by atoms with van der Waals surface area (Å²) < 4.78 is 38.7. The maximum Gasteiger partial charge on any atom is 0.314 e. The molecule has 2 rings (SSSR count). The van der Waals surface area contributed by atoms with Gasteiger partial charge in [-0.25, -0.2) is 0 Å². The molecule has 1 aromatic rings. The molecule has 26 heavy (non-hydrogen) atoms. The van der Waals surface area contributed by atoms with Crippen molar-refractivity contribution in [3.63, 3.8) is 0 Å². The Kier molecular flexibility index (Phi) is 8.33. The highest BCUT2D eigenvalue weighted by Crippen LogP contribution is 2.34. The molecule has 0 unspecified atom stereocenters. The molecule has 0 radical (unpaired) electrons. The first-order valence-electron chi connectivity index (χ1n) is 9.89. The summed E-state index contributed by atoms with van der Waals surface area (Å²) in [5.74, 6) is -2.78. The molecular weight excluding hydrogens is 338 g/mol. The highest BCUT2D eigenvalue weighted by atomic mass is 19.2. The van der Waals surface area contributed by atoms with Crippen molar-refractivity contribution in [1.29, 1.82) is 0 Å². The first kappa shape index (κ1) is 20.7. The van der Waals surface area contributed by atoms with E-state index >= 15 is 0 Å². The zero-order valence-corrected chi connectivity index (χ0v) is 15.9. The Morgan fingerprint density at radius 2 is 1.65 bits per heavy atom. The molecule has 5 heteroatoms. The lowest BCUT2D eigenvalue weighted by atomic mass is 9.80. The first-order valence-corrected chi connectivity index (χ1v) is 9.89. The summed E-state index contributed by atoms with van der Waals surface area (Å²) in [6, 6.07) is 2.60. The van der Waals surface area contributed by atoms with Gasteiger partial charge < -0.3 is 9.47 Å². The van der Waals surface area contributed by atoms with Crippen LogP contribution in [0.15, 0.2) is 12.1 Å². The smallest absolute Gasteiger partial charge is 0.314 e. The summed E-state index contributed by atoms with van der Waals surface area (Å²) in [4.78, 5) is 12.3. The molecule has 0 amide bonds. The van der Waals surface area contributed by atoms with Crippen LogP contribution in [0.2, 0.25) is 0 Å². The Morgan fingerprint density at radius 3 is 2.31 bits per heavy atom. The van der Waals surface area contributed by atoms with Gasteiger partial charge in [0.15, 0.2) is 11.5 Å². The van der Waals surface area contributed by atoms with Crippen LogP contribution in [-0.4, -0.2) is 12.6 Å². The fourth-order valence-electron chi connectivity index (χ4n) is 3.53. The minimum Gasteiger partial charge on any atom is -0.490 e. The number of esters is 1. The number of unbranched alkanes of at least 4 members (excludes halogenated alkanes) is 2. The Hall–Kier alpha value is -1.65. The number of carbonyl (C=O) groups excluding carboxylic acids is 1. The van der Waals surface area contributed by atoms with E-state index in [1.807, 2.05) is 0 Å². The van der Waals surface area contributed by atoms with Crippen LogP contribution in [0.1, 0.15) is 71.6 Å². The lowest BCUT2D eigenvalue weighted by Gasteiger charge is -2.26. The Labute approximate surface area is 155 Å². The van der Waals surface area contributed by atoms with Crippen molar-refractivity contribution in [3.8, 4) is 11.5 Å². The van der Waals surface area contributed by atoms with Crippen LogP contribution in [0.4, 0.5) is 8.78 Å². The molecule has 0 heterocycles. The molecule has 1 aliphatic rings. The van der Waals surface area contributed by atoms with E-state index in [1.165, 1.54) is 18.6 Å². The predicted molar refractivity (Wildman–Crippen MR) is 97.4 cm³/mol. The van der Waals surface area contributed by atoms with Crippen LogP contribution >= 0.6 is 0 Å². The average molecular weight is 368 g/mol. The van der Waals surface area contributed by atoms with Crippen molar-refractivity contribution in [2.75, 3.05) is 6.61 Å². The van der Waals surface area contributed by atoms with E-state index in [2.05, 4.69) is 13.8 Å². The second kappa shape index (κ2) is 10.5. The molecule has 0 saturated heterocycles. The second-order valence-corrected chi connectivity index (χ2v) is 7.17. The van der Waals surface area contributed by atoms with Crippen LogP contribution < -0.4 is 9.47 Å². The second-order valence-electron chi connectivity index (χ2n) is 7.17. The molecule has 0 aliphatic heterocycles. The van der Waals surface area contributed by atoms with Crippen LogP contribution in [-0.2, 0) is 4.79 Å². The van der Waals surface area contributed by atoms with Crippen molar-refractivity contribution in [2.45, 2.75) is 71.6 Å². The van der Waals surface area contributed by atoms with Gasteiger partial charge >= 0.3 is 5.97 Å². The molecule has 1 aliphatic carbocycles. The standard InChI is InChI=1S/C21H30F2O3/c1-3-5-6-14-25-17-12-13-18(20(23)19(17)22)26-21(24)16-10-8-15(7-4-2)9-11-16/h12-13,15-16H,3-11,14H2,1-2H3/t15-,16-. The van der Waals surface area contributed by atoms with Crippen molar-refractivity contribution in [1.82, 2.24) is 0 Å². The summed E-state index contributed by atoms with van der Waals surface area (Å²) in [7, 11) is 0. The maximum absolute atomic E-state index is 14.2. The van der Waals surface area contributed by atoms with E-state index in [4.69, 9.17) is 9.47 Å². The van der Waals surface area contributed by atoms with Crippen LogP contribution in [0, 0.1) is 23.5 Å². The lowest BCUT2D eigenvalue weighted by molar-refractivity contribution is -0.140. The molecule has 0 bridgehead atoms. The normalized spacial score (nSPS) is 20.0. The zero-order chi connectivity index (χ0) is 18.9. The molecule has 0 aromatic heterocycles. The van der Waals surface area contributed by atoms with Crippen molar-refractivity contribution < 1.29 is 23.0 Å². The summed E-state index contributed by atoms with van der Waals surface area (Å²) in [5.41, 5.74) is 0. The van der Waals surface area contributed by atoms with Gasteiger partial charge in [0.05, 0.1) is 12.5 Å². The molecular formula is C21H30F2O3. The number of benzene rings is 1. The molecule has 146 valence electrons. The molecule has 1 saturated carbocycles. The average Bonchev–Trinajstić information content (AvgIpc) is 2.65. The number of carbonyl (C=O) groups is 1. The monoisotopic (exact) mass is 368 g/mol. The topological polar surface area (TPSA) is 35.5 Å². The van der Waals surface area contributed by atoms with Crippen molar-refractivity contribution in [3.05, 3.63) is 23.8 Å². The molecule has 0 spiro atoms. The number of rotatable bonds is 9. The minimum atomic E-state index is -1.16. The Morgan fingerprint density at radius 1 is 1.00 bits per heavy atom. The van der Waals surface area contributed by atoms with Gasteiger partial charge in [-0.15, -0.1) is 0 Å². The van der Waals surface area contributed by atoms with Gasteiger partial charge in [0.2, 0.25) is 11.6 Å². The number of halogens is 2. The highest BCUT2D eigenvalue weighted by Gasteiger charge is 2.28. The van der Waals surface area contributed by atoms with E-state index in [0.29, 0.717) is 12.5 Å². The molecule has 0 atom stereocenters. The van der Waals surface area contributed by atoms with Crippen LogP contribution in [0.3, 0.4) is 0 Å². The lowest BCUT2D eigenvalue weighted by Crippen LogP contribution is -2.26. The van der Waals surface area contributed by atoms with Gasteiger partial charge in [-0.05, 0) is 50.2 Å². The predicted octanol–water partition coefficient (Wildman–Crippen LogP) is 6.05. The third kappa shape index (κ3) is 5.68. The van der Waals surface area contributed by atoms with Gasteiger partial charge in [0, 0.05) is 0 Å². The summed E-state index contributed by atoms with van der Waals surface area (Å²) in [6.45, 7) is 4.55. The Bertz CT molecular complexity index is 581. The largest absolute Gasteiger partial charge is 0.490 e. The number of hydrogen-bond donors (Lipinski definition) is 0. The zero-order valence-electron chi connectivity index (χ0n) is 15.9. The summed E-state index contributed by atoms with van der Waals surface area (Å²) in [5, 5.41) is 0. The molecule has 1 aromatic carbocycles. The third-order valence-corrected chi connectivity index (χ3v) is 5.10. The highest BCUT2D eigenvalue weighted by molar-refractivity contribution is 5.75. The molecule has 3 nitrogen and oxygen atoms in total.